The first-order chi connectivity index (χ1) is 14.6. The number of unbranched alkanes of at least 4 members (excludes halogenated alkanes) is 1. The highest BCUT2D eigenvalue weighted by atomic mass is 32.1. The van der Waals surface area contributed by atoms with E-state index in [9.17, 15) is 9.18 Å². The molecule has 0 unspecified atom stereocenters. The van der Waals surface area contributed by atoms with Gasteiger partial charge in [-0.05, 0) is 62.6 Å². The zero-order valence-electron chi connectivity index (χ0n) is 16.6. The van der Waals surface area contributed by atoms with Crippen LogP contribution in [-0.2, 0) is 6.42 Å². The van der Waals surface area contributed by atoms with E-state index in [0.717, 1.165) is 30.0 Å². The van der Waals surface area contributed by atoms with Crippen molar-refractivity contribution in [1.82, 2.24) is 24.6 Å². The number of carbonyl (C=O) groups excluding carboxylic acids is 1. The smallest absolute Gasteiger partial charge is 0.256 e. The maximum Gasteiger partial charge on any atom is 0.256 e. The van der Waals surface area contributed by atoms with Crippen molar-refractivity contribution in [2.24, 2.45) is 0 Å². The van der Waals surface area contributed by atoms with E-state index in [1.165, 1.54) is 12.1 Å². The highest BCUT2D eigenvalue weighted by Crippen LogP contribution is 2.20. The van der Waals surface area contributed by atoms with Crippen LogP contribution in [0.1, 0.15) is 33.9 Å². The minimum Gasteiger partial charge on any atom is -0.352 e. The van der Waals surface area contributed by atoms with Crippen molar-refractivity contribution in [2.75, 3.05) is 6.54 Å². The van der Waals surface area contributed by atoms with E-state index in [2.05, 4.69) is 20.8 Å². The highest BCUT2D eigenvalue weighted by molar-refractivity contribution is 7.09. The van der Waals surface area contributed by atoms with Gasteiger partial charge in [0.25, 0.3) is 5.91 Å². The molecule has 0 aliphatic carbocycles. The van der Waals surface area contributed by atoms with Gasteiger partial charge in [-0.25, -0.2) is 14.1 Å². The molecular weight excluding hydrogens is 401 g/mol. The van der Waals surface area contributed by atoms with Crippen molar-refractivity contribution < 1.29 is 9.18 Å². The molecule has 0 radical (unpaired) electrons. The van der Waals surface area contributed by atoms with Gasteiger partial charge in [0.15, 0.2) is 5.82 Å². The fourth-order valence-electron chi connectivity index (χ4n) is 3.21. The summed E-state index contributed by atoms with van der Waals surface area (Å²) >= 11 is 1.68. The molecule has 1 amide bonds. The van der Waals surface area contributed by atoms with Crippen molar-refractivity contribution in [2.45, 2.75) is 26.2 Å². The topological polar surface area (TPSA) is 64.7 Å². The maximum absolute atomic E-state index is 13.3. The Hall–Kier alpha value is -3.26. The normalized spacial score (nSPS) is 11.0. The lowest BCUT2D eigenvalue weighted by Crippen LogP contribution is -2.25. The number of carbonyl (C=O) groups is 1. The molecule has 4 rings (SSSR count). The van der Waals surface area contributed by atoms with Crippen LogP contribution in [0.2, 0.25) is 0 Å². The highest BCUT2D eigenvalue weighted by Gasteiger charge is 2.19. The molecular formula is C22H22FN5OS. The molecule has 0 aliphatic heterocycles. The number of rotatable bonds is 8. The number of hydrogen-bond donors (Lipinski definition) is 1. The minimum absolute atomic E-state index is 0.183. The fourth-order valence-corrected chi connectivity index (χ4v) is 4.03. The first-order valence-electron chi connectivity index (χ1n) is 9.78. The summed E-state index contributed by atoms with van der Waals surface area (Å²) in [5.74, 6) is 0.110. The van der Waals surface area contributed by atoms with Crippen LogP contribution in [0.3, 0.4) is 0 Å². The number of halogens is 1. The third kappa shape index (κ3) is 4.49. The Bertz CT molecular complexity index is 1120. The number of nitrogens with zero attached hydrogens (tertiary/aromatic N) is 4. The average molecular weight is 424 g/mol. The lowest BCUT2D eigenvalue weighted by molar-refractivity contribution is 0.0953. The van der Waals surface area contributed by atoms with E-state index in [-0.39, 0.29) is 11.7 Å². The lowest BCUT2D eigenvalue weighted by atomic mass is 10.2. The van der Waals surface area contributed by atoms with Crippen molar-refractivity contribution in [3.05, 3.63) is 82.5 Å². The number of hydrogen-bond acceptors (Lipinski definition) is 4. The number of aromatic nitrogens is 4. The Labute approximate surface area is 178 Å². The van der Waals surface area contributed by atoms with Gasteiger partial charge in [0.05, 0.1) is 16.9 Å². The Morgan fingerprint density at radius 1 is 1.17 bits per heavy atom. The van der Waals surface area contributed by atoms with Gasteiger partial charge in [-0.15, -0.1) is 11.3 Å². The summed E-state index contributed by atoms with van der Waals surface area (Å²) in [6.07, 6.45) is 8.01. The molecule has 0 bridgehead atoms. The molecule has 3 heterocycles. The van der Waals surface area contributed by atoms with Crippen LogP contribution in [0.5, 0.6) is 0 Å². The van der Waals surface area contributed by atoms with E-state index in [0.29, 0.717) is 23.6 Å². The summed E-state index contributed by atoms with van der Waals surface area (Å²) in [6.45, 7) is 2.57. The third-order valence-electron chi connectivity index (χ3n) is 4.68. The average Bonchev–Trinajstić information content (AvgIpc) is 3.48. The standard InChI is InChI=1S/C22H22FN5OS/c1-16-15-30-20(26-16)6-2-3-11-24-21(29)19-14-25-28(18-9-7-17(23)8-10-18)22(19)27-12-4-5-13-27/h4-5,7-10,12-15H,2-3,6,11H2,1H3,(H,24,29). The van der Waals surface area contributed by atoms with Gasteiger partial charge >= 0.3 is 0 Å². The van der Waals surface area contributed by atoms with Gasteiger partial charge in [0.2, 0.25) is 0 Å². The largest absolute Gasteiger partial charge is 0.352 e. The molecule has 30 heavy (non-hydrogen) atoms. The Kier molecular flexibility index (Phi) is 6.04. The molecule has 154 valence electrons. The molecule has 0 saturated heterocycles. The summed E-state index contributed by atoms with van der Waals surface area (Å²) < 4.78 is 16.8. The predicted octanol–water partition coefficient (Wildman–Crippen LogP) is 4.32. The zero-order chi connectivity index (χ0) is 20.9. The second-order valence-corrected chi connectivity index (χ2v) is 7.90. The number of thiazole rings is 1. The molecule has 3 aromatic heterocycles. The fraction of sp³-hybridized carbons (Fsp3) is 0.227. The van der Waals surface area contributed by atoms with Gasteiger partial charge in [0.1, 0.15) is 11.4 Å². The van der Waals surface area contributed by atoms with E-state index in [1.807, 2.05) is 36.0 Å². The number of amides is 1. The molecule has 0 atom stereocenters. The predicted molar refractivity (Wildman–Crippen MR) is 115 cm³/mol. The molecule has 0 aliphatic rings. The van der Waals surface area contributed by atoms with Gasteiger partial charge in [-0.3, -0.25) is 4.79 Å². The molecule has 0 saturated carbocycles. The van der Waals surface area contributed by atoms with E-state index < -0.39 is 0 Å². The van der Waals surface area contributed by atoms with Crippen LogP contribution in [0, 0.1) is 12.7 Å². The monoisotopic (exact) mass is 423 g/mol. The summed E-state index contributed by atoms with van der Waals surface area (Å²) in [4.78, 5) is 17.3. The number of aryl methyl sites for hydroxylation is 2. The van der Waals surface area contributed by atoms with Crippen LogP contribution in [0.25, 0.3) is 11.5 Å². The first-order valence-corrected chi connectivity index (χ1v) is 10.7. The van der Waals surface area contributed by atoms with Gasteiger partial charge in [-0.1, -0.05) is 0 Å². The lowest BCUT2D eigenvalue weighted by Gasteiger charge is -2.11. The Morgan fingerprint density at radius 3 is 2.63 bits per heavy atom. The van der Waals surface area contributed by atoms with Crippen molar-refractivity contribution in [1.29, 1.82) is 0 Å². The van der Waals surface area contributed by atoms with Crippen molar-refractivity contribution in [3.8, 4) is 11.5 Å². The van der Waals surface area contributed by atoms with Gasteiger partial charge in [0, 0.05) is 30.0 Å². The maximum atomic E-state index is 13.3. The first kappa shape index (κ1) is 20.0. The van der Waals surface area contributed by atoms with E-state index >= 15 is 0 Å². The second kappa shape index (κ2) is 9.04. The second-order valence-electron chi connectivity index (χ2n) is 6.96. The van der Waals surface area contributed by atoms with Crippen LogP contribution in [0.4, 0.5) is 4.39 Å². The third-order valence-corrected chi connectivity index (χ3v) is 5.70. The van der Waals surface area contributed by atoms with Gasteiger partial charge < -0.3 is 9.88 Å². The quantitative estimate of drug-likeness (QED) is 0.429. The van der Waals surface area contributed by atoms with Crippen LogP contribution >= 0.6 is 11.3 Å². The van der Waals surface area contributed by atoms with Crippen LogP contribution in [0.15, 0.2) is 60.4 Å². The zero-order valence-corrected chi connectivity index (χ0v) is 17.4. The van der Waals surface area contributed by atoms with Crippen molar-refractivity contribution >= 4 is 17.2 Å². The van der Waals surface area contributed by atoms with E-state index in [1.54, 1.807) is 34.3 Å². The molecule has 6 nitrogen and oxygen atoms in total. The minimum atomic E-state index is -0.320. The molecule has 0 fully saturated rings. The Morgan fingerprint density at radius 2 is 1.93 bits per heavy atom. The molecule has 4 aromatic rings. The molecule has 8 heteroatoms. The Balaban J connectivity index is 1.45. The van der Waals surface area contributed by atoms with E-state index in [4.69, 9.17) is 0 Å². The van der Waals surface area contributed by atoms with Crippen LogP contribution in [-0.4, -0.2) is 31.8 Å². The molecule has 0 spiro atoms. The summed E-state index contributed by atoms with van der Waals surface area (Å²) in [5.41, 5.74) is 2.20. The summed E-state index contributed by atoms with van der Waals surface area (Å²) in [7, 11) is 0. The summed E-state index contributed by atoms with van der Waals surface area (Å²) in [5, 5.41) is 10.6. The molecule has 1 N–H and O–H groups in total. The summed E-state index contributed by atoms with van der Waals surface area (Å²) in [6, 6.07) is 9.78. The van der Waals surface area contributed by atoms with Crippen LogP contribution < -0.4 is 5.32 Å². The molecule has 1 aromatic carbocycles. The SMILES string of the molecule is Cc1csc(CCCCNC(=O)c2cnn(-c3ccc(F)cc3)c2-n2cccc2)n1. The van der Waals surface area contributed by atoms with Crippen molar-refractivity contribution in [3.63, 3.8) is 0 Å². The van der Waals surface area contributed by atoms with Gasteiger partial charge in [-0.2, -0.15) is 5.10 Å². The number of benzene rings is 1. The number of nitrogens with one attached hydrogen (secondary N) is 1.